The van der Waals surface area contributed by atoms with E-state index >= 15 is 0 Å². The number of nitrogens with zero attached hydrogens (tertiary/aromatic N) is 3. The number of hydrogen-bond acceptors (Lipinski definition) is 5. The first-order valence-corrected chi connectivity index (χ1v) is 7.17. The van der Waals surface area contributed by atoms with Gasteiger partial charge >= 0.3 is 0 Å². The zero-order valence-corrected chi connectivity index (χ0v) is 12.2. The van der Waals surface area contributed by atoms with Gasteiger partial charge in [0, 0.05) is 30.4 Å². The van der Waals surface area contributed by atoms with Gasteiger partial charge in [0.2, 0.25) is 5.89 Å². The molecule has 1 saturated heterocycles. The molecule has 106 valence electrons. The summed E-state index contributed by atoms with van der Waals surface area (Å²) >= 11 is 0. The Kier molecular flexibility index (Phi) is 3.14. The lowest BCUT2D eigenvalue weighted by Gasteiger charge is -2.57. The highest BCUT2D eigenvalue weighted by Gasteiger charge is 2.60. The van der Waals surface area contributed by atoms with Gasteiger partial charge in [0.05, 0.1) is 12.6 Å². The molecule has 2 heterocycles. The first-order chi connectivity index (χ1) is 9.04. The van der Waals surface area contributed by atoms with Crippen molar-refractivity contribution in [1.29, 1.82) is 0 Å². The molecule has 5 heteroatoms. The third-order valence-corrected chi connectivity index (χ3v) is 4.72. The van der Waals surface area contributed by atoms with Crippen molar-refractivity contribution in [2.45, 2.75) is 52.3 Å². The highest BCUT2D eigenvalue weighted by Crippen LogP contribution is 2.54. The fourth-order valence-corrected chi connectivity index (χ4v) is 4.01. The molecule has 1 aromatic heterocycles. The Morgan fingerprint density at radius 2 is 2.21 bits per heavy atom. The van der Waals surface area contributed by atoms with Crippen molar-refractivity contribution in [3.8, 4) is 0 Å². The Hall–Kier alpha value is -0.940. The van der Waals surface area contributed by atoms with Gasteiger partial charge in [-0.25, -0.2) is 0 Å². The van der Waals surface area contributed by atoms with Crippen LogP contribution in [0, 0.1) is 11.3 Å². The number of fused-ring (bicyclic) bond motifs is 1. The molecule has 0 amide bonds. The fraction of sp³-hybridized carbons (Fsp3) is 0.857. The Morgan fingerprint density at radius 1 is 1.42 bits per heavy atom. The van der Waals surface area contributed by atoms with Gasteiger partial charge in [-0.2, -0.15) is 4.98 Å². The zero-order valence-electron chi connectivity index (χ0n) is 12.2. The van der Waals surface area contributed by atoms with Crippen molar-refractivity contribution in [1.82, 2.24) is 15.0 Å². The summed E-state index contributed by atoms with van der Waals surface area (Å²) in [4.78, 5) is 6.75. The minimum absolute atomic E-state index is 0.216. The van der Waals surface area contributed by atoms with Crippen molar-refractivity contribution >= 4 is 0 Å². The standard InChI is InChI=1S/C14H23N3O2/c1-5-11-15-10(16-19-11)8-17(4)12-9-6-7-18-13(9)14(12,2)3/h9,12-13H,5-8H2,1-4H3/t9-,12-,13-/m1/s1. The second-order valence-electron chi connectivity index (χ2n) is 6.38. The Bertz CT molecular complexity index is 457. The molecule has 0 N–H and O–H groups in total. The quantitative estimate of drug-likeness (QED) is 0.832. The van der Waals surface area contributed by atoms with Crippen LogP contribution in [-0.4, -0.2) is 40.8 Å². The topological polar surface area (TPSA) is 51.4 Å². The molecule has 0 unspecified atom stereocenters. The molecule has 0 radical (unpaired) electrons. The maximum atomic E-state index is 5.84. The van der Waals surface area contributed by atoms with Gasteiger partial charge in [-0.15, -0.1) is 0 Å². The molecule has 1 aliphatic heterocycles. The maximum absolute atomic E-state index is 5.84. The second-order valence-corrected chi connectivity index (χ2v) is 6.38. The van der Waals surface area contributed by atoms with E-state index in [4.69, 9.17) is 9.26 Å². The third kappa shape index (κ3) is 1.99. The normalized spacial score (nSPS) is 32.4. The number of rotatable bonds is 4. The predicted octanol–water partition coefficient (Wildman–Crippen LogP) is 1.88. The summed E-state index contributed by atoms with van der Waals surface area (Å²) in [6, 6.07) is 0.545. The smallest absolute Gasteiger partial charge is 0.226 e. The van der Waals surface area contributed by atoms with Crippen LogP contribution in [-0.2, 0) is 17.7 Å². The van der Waals surface area contributed by atoms with Crippen LogP contribution in [0.25, 0.3) is 0 Å². The summed E-state index contributed by atoms with van der Waals surface area (Å²) in [5.41, 5.74) is 0.216. The summed E-state index contributed by atoms with van der Waals surface area (Å²) in [6.07, 6.45) is 2.40. The van der Waals surface area contributed by atoms with Crippen LogP contribution in [0.5, 0.6) is 0 Å². The number of hydrogen-bond donors (Lipinski definition) is 0. The molecule has 3 rings (SSSR count). The van der Waals surface area contributed by atoms with E-state index in [2.05, 4.69) is 35.9 Å². The Labute approximate surface area is 114 Å². The molecule has 3 atom stereocenters. The molecule has 19 heavy (non-hydrogen) atoms. The number of aryl methyl sites for hydroxylation is 1. The van der Waals surface area contributed by atoms with E-state index in [9.17, 15) is 0 Å². The van der Waals surface area contributed by atoms with Crippen LogP contribution in [0.3, 0.4) is 0 Å². The number of ether oxygens (including phenoxy) is 1. The maximum Gasteiger partial charge on any atom is 0.226 e. The molecule has 1 saturated carbocycles. The molecule has 1 aromatic rings. The van der Waals surface area contributed by atoms with Gasteiger partial charge in [0.15, 0.2) is 5.82 Å². The Morgan fingerprint density at radius 3 is 2.89 bits per heavy atom. The van der Waals surface area contributed by atoms with E-state index in [-0.39, 0.29) is 5.41 Å². The highest BCUT2D eigenvalue weighted by molar-refractivity contribution is 5.11. The molecular formula is C14H23N3O2. The largest absolute Gasteiger partial charge is 0.377 e. The highest BCUT2D eigenvalue weighted by atomic mass is 16.5. The summed E-state index contributed by atoms with van der Waals surface area (Å²) in [5, 5.41) is 4.04. The van der Waals surface area contributed by atoms with Gasteiger partial charge in [-0.1, -0.05) is 25.9 Å². The lowest BCUT2D eigenvalue weighted by molar-refractivity contribution is -0.151. The van der Waals surface area contributed by atoms with E-state index in [0.717, 1.165) is 31.3 Å². The van der Waals surface area contributed by atoms with Gasteiger partial charge in [0.25, 0.3) is 0 Å². The van der Waals surface area contributed by atoms with Gasteiger partial charge in [-0.3, -0.25) is 4.90 Å². The van der Waals surface area contributed by atoms with Crippen LogP contribution >= 0.6 is 0 Å². The summed E-state index contributed by atoms with van der Waals surface area (Å²) < 4.78 is 11.0. The van der Waals surface area contributed by atoms with Crippen LogP contribution < -0.4 is 0 Å². The van der Waals surface area contributed by atoms with Crippen molar-refractivity contribution in [3.63, 3.8) is 0 Å². The fourth-order valence-electron chi connectivity index (χ4n) is 4.01. The second kappa shape index (κ2) is 4.56. The summed E-state index contributed by atoms with van der Waals surface area (Å²) in [6.45, 7) is 8.28. The van der Waals surface area contributed by atoms with Crippen LogP contribution in [0.4, 0.5) is 0 Å². The van der Waals surface area contributed by atoms with Crippen molar-refractivity contribution in [2.24, 2.45) is 11.3 Å². The van der Waals surface area contributed by atoms with Crippen molar-refractivity contribution < 1.29 is 9.26 Å². The van der Waals surface area contributed by atoms with E-state index in [1.54, 1.807) is 0 Å². The van der Waals surface area contributed by atoms with Crippen molar-refractivity contribution in [3.05, 3.63) is 11.7 Å². The van der Waals surface area contributed by atoms with Crippen LogP contribution in [0.1, 0.15) is 38.9 Å². The first-order valence-electron chi connectivity index (χ1n) is 7.17. The summed E-state index contributed by atoms with van der Waals surface area (Å²) in [5.74, 6) is 2.17. The van der Waals surface area contributed by atoms with E-state index < -0.39 is 0 Å². The SMILES string of the molecule is CCc1nc(CN(C)[C@@H]2[C@H]3CCO[C@H]3C2(C)C)no1. The Balaban J connectivity index is 1.68. The summed E-state index contributed by atoms with van der Waals surface area (Å²) in [7, 11) is 2.16. The molecule has 5 nitrogen and oxygen atoms in total. The molecule has 0 aromatic carbocycles. The minimum Gasteiger partial charge on any atom is -0.377 e. The van der Waals surface area contributed by atoms with Gasteiger partial charge in [-0.05, 0) is 13.5 Å². The van der Waals surface area contributed by atoms with Gasteiger partial charge < -0.3 is 9.26 Å². The van der Waals surface area contributed by atoms with Gasteiger partial charge in [0.1, 0.15) is 0 Å². The third-order valence-electron chi connectivity index (χ3n) is 4.72. The molecule has 1 aliphatic carbocycles. The molecule has 2 fully saturated rings. The van der Waals surface area contributed by atoms with Crippen LogP contribution in [0.15, 0.2) is 4.52 Å². The van der Waals surface area contributed by atoms with Crippen LogP contribution in [0.2, 0.25) is 0 Å². The molecular weight excluding hydrogens is 242 g/mol. The van der Waals surface area contributed by atoms with E-state index in [1.807, 2.05) is 6.92 Å². The van der Waals surface area contributed by atoms with E-state index in [0.29, 0.717) is 18.1 Å². The zero-order chi connectivity index (χ0) is 13.6. The first kappa shape index (κ1) is 13.1. The predicted molar refractivity (Wildman–Crippen MR) is 70.6 cm³/mol. The minimum atomic E-state index is 0.216. The lowest BCUT2D eigenvalue weighted by Crippen LogP contribution is -2.65. The van der Waals surface area contributed by atoms with E-state index in [1.165, 1.54) is 6.42 Å². The number of aromatic nitrogens is 2. The lowest BCUT2D eigenvalue weighted by atomic mass is 9.57. The average molecular weight is 265 g/mol. The average Bonchev–Trinajstić information content (AvgIpc) is 2.96. The molecule has 2 aliphatic rings. The molecule has 0 spiro atoms. The van der Waals surface area contributed by atoms with Crippen molar-refractivity contribution in [2.75, 3.05) is 13.7 Å². The molecule has 0 bridgehead atoms. The monoisotopic (exact) mass is 265 g/mol.